The third-order valence-corrected chi connectivity index (χ3v) is 5.32. The number of ether oxygens (including phenoxy) is 3. The van der Waals surface area contributed by atoms with Gasteiger partial charge in [-0.15, -0.1) is 0 Å². The van der Waals surface area contributed by atoms with Crippen LogP contribution >= 0.6 is 11.6 Å². The predicted molar refractivity (Wildman–Crippen MR) is 128 cm³/mol. The van der Waals surface area contributed by atoms with Gasteiger partial charge in [-0.2, -0.15) is 0 Å². The number of aryl methyl sites for hydroxylation is 1. The molecule has 0 saturated heterocycles. The maximum absolute atomic E-state index is 12.4. The lowest BCUT2D eigenvalue weighted by atomic mass is 10.1. The van der Waals surface area contributed by atoms with Gasteiger partial charge >= 0.3 is 11.9 Å². The minimum atomic E-state index is -0.753. The first-order valence-corrected chi connectivity index (χ1v) is 10.6. The number of esters is 2. The second kappa shape index (κ2) is 9.78. The molecule has 0 fully saturated rings. The van der Waals surface area contributed by atoms with Crippen LogP contribution in [0, 0.1) is 17.0 Å². The third-order valence-electron chi connectivity index (χ3n) is 4.99. The van der Waals surface area contributed by atoms with E-state index < -0.39 is 16.9 Å². The Hall–Kier alpha value is -4.50. The Morgan fingerprint density at radius 1 is 1.09 bits per heavy atom. The summed E-state index contributed by atoms with van der Waals surface area (Å²) in [5, 5.41) is 11.2. The standard InChI is InChI=1S/C25H17ClN2O7/c1-14-3-6-16(7-4-14)24(29)34-21-10-5-15(12-22(21)33-2)11-20-25(30)35-23(27-20)18-13-17(28(31)32)8-9-19(18)26/h3-13H,1-2H3/b20-11-. The van der Waals surface area contributed by atoms with E-state index in [1.165, 1.54) is 37.5 Å². The van der Waals surface area contributed by atoms with Gasteiger partial charge in [-0.3, -0.25) is 10.1 Å². The first-order valence-electron chi connectivity index (χ1n) is 10.2. The summed E-state index contributed by atoms with van der Waals surface area (Å²) >= 11 is 6.11. The molecule has 0 amide bonds. The molecule has 0 atom stereocenters. The van der Waals surface area contributed by atoms with Crippen LogP contribution in [-0.2, 0) is 9.53 Å². The van der Waals surface area contributed by atoms with E-state index in [4.69, 9.17) is 25.8 Å². The Balaban J connectivity index is 1.60. The number of rotatable bonds is 6. The van der Waals surface area contributed by atoms with E-state index in [0.717, 1.165) is 5.56 Å². The minimum Gasteiger partial charge on any atom is -0.493 e. The molecule has 35 heavy (non-hydrogen) atoms. The van der Waals surface area contributed by atoms with Gasteiger partial charge in [-0.25, -0.2) is 14.6 Å². The molecule has 1 heterocycles. The van der Waals surface area contributed by atoms with Crippen LogP contribution in [0.2, 0.25) is 5.02 Å². The molecule has 9 nitrogen and oxygen atoms in total. The molecule has 0 radical (unpaired) electrons. The van der Waals surface area contributed by atoms with Crippen LogP contribution in [0.3, 0.4) is 0 Å². The van der Waals surface area contributed by atoms with E-state index in [2.05, 4.69) is 4.99 Å². The summed E-state index contributed by atoms with van der Waals surface area (Å²) in [4.78, 5) is 39.4. The molecule has 0 N–H and O–H groups in total. The summed E-state index contributed by atoms with van der Waals surface area (Å²) in [6.45, 7) is 1.91. The number of cyclic esters (lactones) is 1. The van der Waals surface area contributed by atoms with Gasteiger partial charge in [0.15, 0.2) is 17.2 Å². The molecule has 0 aliphatic carbocycles. The molecule has 10 heteroatoms. The quantitative estimate of drug-likeness (QED) is 0.154. The van der Waals surface area contributed by atoms with Gasteiger partial charge < -0.3 is 14.2 Å². The number of carbonyl (C=O) groups is 2. The van der Waals surface area contributed by atoms with E-state index in [0.29, 0.717) is 11.1 Å². The van der Waals surface area contributed by atoms with Crippen molar-refractivity contribution in [2.45, 2.75) is 6.92 Å². The van der Waals surface area contributed by atoms with E-state index >= 15 is 0 Å². The number of halogens is 1. The van der Waals surface area contributed by atoms with Gasteiger partial charge in [0.1, 0.15) is 0 Å². The van der Waals surface area contributed by atoms with Crippen LogP contribution in [0.25, 0.3) is 6.08 Å². The number of hydrogen-bond donors (Lipinski definition) is 0. The number of nitro groups is 1. The number of carbonyl (C=O) groups excluding carboxylic acids is 2. The average Bonchev–Trinajstić information content (AvgIpc) is 3.20. The van der Waals surface area contributed by atoms with Crippen LogP contribution in [0.15, 0.2) is 71.4 Å². The summed E-state index contributed by atoms with van der Waals surface area (Å²) in [6.07, 6.45) is 1.44. The Morgan fingerprint density at radius 2 is 1.83 bits per heavy atom. The molecule has 3 aromatic carbocycles. The van der Waals surface area contributed by atoms with Crippen molar-refractivity contribution in [3.05, 3.63) is 104 Å². The van der Waals surface area contributed by atoms with Gasteiger partial charge in [-0.05, 0) is 48.9 Å². The molecule has 176 valence electrons. The van der Waals surface area contributed by atoms with E-state index in [1.54, 1.807) is 36.4 Å². The van der Waals surface area contributed by atoms with Crippen molar-refractivity contribution >= 4 is 41.2 Å². The maximum atomic E-state index is 12.4. The van der Waals surface area contributed by atoms with E-state index in [9.17, 15) is 19.7 Å². The third kappa shape index (κ3) is 5.20. The monoisotopic (exact) mass is 492 g/mol. The van der Waals surface area contributed by atoms with Gasteiger partial charge in [0.25, 0.3) is 5.69 Å². The van der Waals surface area contributed by atoms with Crippen LogP contribution in [0.4, 0.5) is 5.69 Å². The molecular weight excluding hydrogens is 476 g/mol. The van der Waals surface area contributed by atoms with Crippen LogP contribution in [0.5, 0.6) is 11.5 Å². The predicted octanol–water partition coefficient (Wildman–Crippen LogP) is 5.13. The Kier molecular flexibility index (Phi) is 6.61. The molecule has 1 aliphatic rings. The fourth-order valence-corrected chi connectivity index (χ4v) is 3.38. The fourth-order valence-electron chi connectivity index (χ4n) is 3.18. The van der Waals surface area contributed by atoms with E-state index in [1.807, 2.05) is 6.92 Å². The van der Waals surface area contributed by atoms with Crippen molar-refractivity contribution in [3.8, 4) is 11.5 Å². The number of nitrogens with zero attached hydrogens (tertiary/aromatic N) is 2. The summed E-state index contributed by atoms with van der Waals surface area (Å²) in [6, 6.07) is 15.4. The largest absolute Gasteiger partial charge is 0.493 e. The van der Waals surface area contributed by atoms with Crippen molar-refractivity contribution in [2.75, 3.05) is 7.11 Å². The van der Waals surface area contributed by atoms with Crippen molar-refractivity contribution in [1.29, 1.82) is 0 Å². The Morgan fingerprint density at radius 3 is 2.51 bits per heavy atom. The molecule has 0 spiro atoms. The molecule has 0 aromatic heterocycles. The first kappa shape index (κ1) is 23.7. The van der Waals surface area contributed by atoms with E-state index in [-0.39, 0.29) is 39.4 Å². The second-order valence-corrected chi connectivity index (χ2v) is 7.83. The zero-order valence-corrected chi connectivity index (χ0v) is 19.2. The lowest BCUT2D eigenvalue weighted by Gasteiger charge is -2.10. The molecule has 0 bridgehead atoms. The summed E-state index contributed by atoms with van der Waals surface area (Å²) < 4.78 is 16.0. The second-order valence-electron chi connectivity index (χ2n) is 7.42. The summed E-state index contributed by atoms with van der Waals surface area (Å²) in [5.41, 5.74) is 1.77. The van der Waals surface area contributed by atoms with Crippen molar-refractivity contribution in [2.24, 2.45) is 4.99 Å². The Labute approximate surface area is 204 Å². The first-order chi connectivity index (χ1) is 16.7. The van der Waals surface area contributed by atoms with Crippen molar-refractivity contribution < 1.29 is 28.7 Å². The average molecular weight is 493 g/mol. The SMILES string of the molecule is COc1cc(/C=C2\N=C(c3cc([N+](=O)[O-])ccc3Cl)OC2=O)ccc1OC(=O)c1ccc(C)cc1. The number of non-ortho nitro benzene ring substituents is 1. The number of nitro benzene ring substituents is 1. The molecule has 4 rings (SSSR count). The van der Waals surface area contributed by atoms with Crippen LogP contribution in [-0.4, -0.2) is 29.9 Å². The number of aliphatic imine (C=N–C) groups is 1. The topological polar surface area (TPSA) is 117 Å². The normalized spacial score (nSPS) is 13.9. The zero-order valence-electron chi connectivity index (χ0n) is 18.5. The van der Waals surface area contributed by atoms with Crippen LogP contribution in [0.1, 0.15) is 27.0 Å². The number of benzene rings is 3. The lowest BCUT2D eigenvalue weighted by molar-refractivity contribution is -0.384. The zero-order chi connectivity index (χ0) is 25.1. The fraction of sp³-hybridized carbons (Fsp3) is 0.0800. The van der Waals surface area contributed by atoms with Gasteiger partial charge in [0.2, 0.25) is 5.90 Å². The minimum absolute atomic E-state index is 0.0472. The molecule has 3 aromatic rings. The lowest BCUT2D eigenvalue weighted by Crippen LogP contribution is -2.09. The summed E-state index contributed by atoms with van der Waals surface area (Å²) in [5.74, 6) is -0.988. The maximum Gasteiger partial charge on any atom is 0.363 e. The smallest absolute Gasteiger partial charge is 0.363 e. The highest BCUT2D eigenvalue weighted by Gasteiger charge is 2.27. The van der Waals surface area contributed by atoms with Gasteiger partial charge in [0, 0.05) is 12.1 Å². The highest BCUT2D eigenvalue weighted by atomic mass is 35.5. The number of methoxy groups -OCH3 is 1. The molecule has 1 aliphatic heterocycles. The summed E-state index contributed by atoms with van der Waals surface area (Å²) in [7, 11) is 1.42. The molecular formula is C25H17ClN2O7. The van der Waals surface area contributed by atoms with Crippen molar-refractivity contribution in [1.82, 2.24) is 0 Å². The number of hydrogen-bond acceptors (Lipinski definition) is 8. The van der Waals surface area contributed by atoms with Gasteiger partial charge in [0.05, 0.1) is 28.2 Å². The van der Waals surface area contributed by atoms with Crippen LogP contribution < -0.4 is 9.47 Å². The highest BCUT2D eigenvalue weighted by molar-refractivity contribution is 6.34. The molecule has 0 saturated carbocycles. The van der Waals surface area contributed by atoms with Crippen molar-refractivity contribution in [3.63, 3.8) is 0 Å². The molecule has 0 unspecified atom stereocenters. The highest BCUT2D eigenvalue weighted by Crippen LogP contribution is 2.31. The Bertz CT molecular complexity index is 1410. The van der Waals surface area contributed by atoms with Gasteiger partial charge in [-0.1, -0.05) is 35.4 Å².